The second-order valence-electron chi connectivity index (χ2n) is 5.03. The van der Waals surface area contributed by atoms with E-state index in [4.69, 9.17) is 21.1 Å². The molecule has 2 rings (SSSR count). The van der Waals surface area contributed by atoms with E-state index in [0.717, 1.165) is 11.3 Å². The van der Waals surface area contributed by atoms with Gasteiger partial charge in [0.25, 0.3) is 0 Å². The first-order valence-corrected chi connectivity index (χ1v) is 7.17. The molecule has 1 atom stereocenters. The number of aliphatic hydroxyl groups is 1. The summed E-state index contributed by atoms with van der Waals surface area (Å²) in [5, 5.41) is 11.1. The van der Waals surface area contributed by atoms with E-state index in [1.54, 1.807) is 25.3 Å². The molecule has 0 aliphatic rings. The summed E-state index contributed by atoms with van der Waals surface area (Å²) in [6.45, 7) is 3.93. The van der Waals surface area contributed by atoms with Crippen molar-refractivity contribution in [2.75, 3.05) is 7.11 Å². The number of hydrogen-bond acceptors (Lipinski definition) is 3. The van der Waals surface area contributed by atoms with E-state index in [2.05, 4.69) is 0 Å². The first-order chi connectivity index (χ1) is 10.0. The fourth-order valence-electron chi connectivity index (χ4n) is 2.12. The number of ether oxygens (including phenoxy) is 2. The quantitative estimate of drug-likeness (QED) is 0.899. The van der Waals surface area contributed by atoms with Crippen LogP contribution in [-0.2, 0) is 0 Å². The fourth-order valence-corrected chi connectivity index (χ4v) is 2.28. The van der Waals surface area contributed by atoms with Gasteiger partial charge in [0, 0.05) is 10.6 Å². The third kappa shape index (κ3) is 3.90. The Morgan fingerprint density at radius 1 is 1.10 bits per heavy atom. The standard InChI is InChI=1S/C17H19ClO3/c1-11(2)21-14-6-4-5-12(9-14)17(19)15-8-7-13(18)10-16(15)20-3/h4-11,17,19H,1-3H3. The Balaban J connectivity index is 2.33. The number of benzene rings is 2. The largest absolute Gasteiger partial charge is 0.496 e. The lowest BCUT2D eigenvalue weighted by Crippen LogP contribution is -2.07. The van der Waals surface area contributed by atoms with Gasteiger partial charge in [-0.2, -0.15) is 0 Å². The van der Waals surface area contributed by atoms with Crippen LogP contribution in [0.1, 0.15) is 31.1 Å². The second-order valence-corrected chi connectivity index (χ2v) is 5.46. The number of rotatable bonds is 5. The molecule has 0 amide bonds. The Kier molecular flexibility index (Phi) is 5.10. The van der Waals surface area contributed by atoms with E-state index in [1.165, 1.54) is 0 Å². The smallest absolute Gasteiger partial charge is 0.126 e. The fraction of sp³-hybridized carbons (Fsp3) is 0.294. The summed E-state index contributed by atoms with van der Waals surface area (Å²) in [6, 6.07) is 12.6. The molecule has 2 aromatic rings. The highest BCUT2D eigenvalue weighted by Crippen LogP contribution is 2.33. The molecule has 3 nitrogen and oxygen atoms in total. The highest BCUT2D eigenvalue weighted by atomic mass is 35.5. The normalized spacial score (nSPS) is 12.3. The number of halogens is 1. The van der Waals surface area contributed by atoms with Crippen molar-refractivity contribution in [2.24, 2.45) is 0 Å². The zero-order chi connectivity index (χ0) is 15.4. The van der Waals surface area contributed by atoms with E-state index in [1.807, 2.05) is 38.1 Å². The zero-order valence-corrected chi connectivity index (χ0v) is 13.1. The van der Waals surface area contributed by atoms with Crippen LogP contribution in [0.2, 0.25) is 5.02 Å². The van der Waals surface area contributed by atoms with Gasteiger partial charge in [-0.15, -0.1) is 0 Å². The minimum Gasteiger partial charge on any atom is -0.496 e. The molecule has 0 aliphatic heterocycles. The third-order valence-electron chi connectivity index (χ3n) is 3.04. The topological polar surface area (TPSA) is 38.7 Å². The average Bonchev–Trinajstić information content (AvgIpc) is 2.46. The molecular weight excluding hydrogens is 288 g/mol. The molecule has 1 N–H and O–H groups in total. The lowest BCUT2D eigenvalue weighted by molar-refractivity contribution is 0.211. The predicted octanol–water partition coefficient (Wildman–Crippen LogP) is 4.22. The van der Waals surface area contributed by atoms with Crippen LogP contribution in [0.4, 0.5) is 0 Å². The lowest BCUT2D eigenvalue weighted by Gasteiger charge is -2.17. The summed E-state index contributed by atoms with van der Waals surface area (Å²) < 4.78 is 10.9. The number of aliphatic hydroxyl groups excluding tert-OH is 1. The Morgan fingerprint density at radius 3 is 2.52 bits per heavy atom. The van der Waals surface area contributed by atoms with Gasteiger partial charge in [-0.05, 0) is 43.7 Å². The van der Waals surface area contributed by atoms with Crippen molar-refractivity contribution in [3.63, 3.8) is 0 Å². The molecule has 0 fully saturated rings. The van der Waals surface area contributed by atoms with Crippen LogP contribution >= 0.6 is 11.6 Å². The van der Waals surface area contributed by atoms with E-state index >= 15 is 0 Å². The van der Waals surface area contributed by atoms with Crippen LogP contribution in [0.3, 0.4) is 0 Å². The van der Waals surface area contributed by atoms with E-state index < -0.39 is 6.10 Å². The Labute approximate surface area is 130 Å². The van der Waals surface area contributed by atoms with E-state index in [9.17, 15) is 5.11 Å². The second kappa shape index (κ2) is 6.83. The molecule has 21 heavy (non-hydrogen) atoms. The molecule has 0 saturated carbocycles. The van der Waals surface area contributed by atoms with Gasteiger partial charge in [0.05, 0.1) is 13.2 Å². The first kappa shape index (κ1) is 15.7. The Bertz CT molecular complexity index is 611. The van der Waals surface area contributed by atoms with Crippen molar-refractivity contribution in [1.29, 1.82) is 0 Å². The maximum Gasteiger partial charge on any atom is 0.126 e. The van der Waals surface area contributed by atoms with Crippen molar-refractivity contribution in [1.82, 2.24) is 0 Å². The summed E-state index contributed by atoms with van der Waals surface area (Å²) in [5.41, 5.74) is 1.41. The van der Waals surface area contributed by atoms with Crippen molar-refractivity contribution in [2.45, 2.75) is 26.1 Å². The molecule has 0 spiro atoms. The van der Waals surface area contributed by atoms with Crippen LogP contribution < -0.4 is 9.47 Å². The van der Waals surface area contributed by atoms with Gasteiger partial charge in [-0.25, -0.2) is 0 Å². The van der Waals surface area contributed by atoms with Gasteiger partial charge in [-0.3, -0.25) is 0 Å². The van der Waals surface area contributed by atoms with Crippen molar-refractivity contribution < 1.29 is 14.6 Å². The minimum atomic E-state index is -0.798. The molecule has 4 heteroatoms. The van der Waals surface area contributed by atoms with Crippen LogP contribution in [0.15, 0.2) is 42.5 Å². The third-order valence-corrected chi connectivity index (χ3v) is 3.27. The van der Waals surface area contributed by atoms with Crippen molar-refractivity contribution >= 4 is 11.6 Å². The summed E-state index contributed by atoms with van der Waals surface area (Å²) in [4.78, 5) is 0. The first-order valence-electron chi connectivity index (χ1n) is 6.79. The lowest BCUT2D eigenvalue weighted by atomic mass is 10.0. The molecular formula is C17H19ClO3. The molecule has 0 aromatic heterocycles. The Morgan fingerprint density at radius 2 is 1.86 bits per heavy atom. The maximum atomic E-state index is 10.6. The maximum absolute atomic E-state index is 10.6. The average molecular weight is 307 g/mol. The molecule has 2 aromatic carbocycles. The highest BCUT2D eigenvalue weighted by Gasteiger charge is 2.16. The van der Waals surface area contributed by atoms with Gasteiger partial charge in [0.15, 0.2) is 0 Å². The van der Waals surface area contributed by atoms with E-state index in [-0.39, 0.29) is 6.10 Å². The van der Waals surface area contributed by atoms with Crippen molar-refractivity contribution in [3.8, 4) is 11.5 Å². The van der Waals surface area contributed by atoms with Gasteiger partial charge < -0.3 is 14.6 Å². The van der Waals surface area contributed by atoms with Gasteiger partial charge in [0.2, 0.25) is 0 Å². The molecule has 112 valence electrons. The van der Waals surface area contributed by atoms with Gasteiger partial charge in [-0.1, -0.05) is 29.8 Å². The zero-order valence-electron chi connectivity index (χ0n) is 12.3. The molecule has 0 saturated heterocycles. The van der Waals surface area contributed by atoms with E-state index in [0.29, 0.717) is 16.3 Å². The van der Waals surface area contributed by atoms with Crippen LogP contribution in [0.5, 0.6) is 11.5 Å². The predicted molar refractivity (Wildman–Crippen MR) is 84.3 cm³/mol. The monoisotopic (exact) mass is 306 g/mol. The number of hydrogen-bond donors (Lipinski definition) is 1. The summed E-state index contributed by atoms with van der Waals surface area (Å²) in [7, 11) is 1.56. The SMILES string of the molecule is COc1cc(Cl)ccc1C(O)c1cccc(OC(C)C)c1. The molecule has 1 unspecified atom stereocenters. The molecule has 0 aliphatic carbocycles. The summed E-state index contributed by atoms with van der Waals surface area (Å²) in [5.74, 6) is 1.29. The Hall–Kier alpha value is -1.71. The number of methoxy groups -OCH3 is 1. The minimum absolute atomic E-state index is 0.0856. The van der Waals surface area contributed by atoms with Gasteiger partial charge in [0.1, 0.15) is 17.6 Å². The van der Waals surface area contributed by atoms with Crippen LogP contribution in [-0.4, -0.2) is 18.3 Å². The van der Waals surface area contributed by atoms with Gasteiger partial charge >= 0.3 is 0 Å². The van der Waals surface area contributed by atoms with Crippen LogP contribution in [0.25, 0.3) is 0 Å². The summed E-state index contributed by atoms with van der Waals surface area (Å²) >= 11 is 5.95. The summed E-state index contributed by atoms with van der Waals surface area (Å²) in [6.07, 6.45) is -0.713. The van der Waals surface area contributed by atoms with Crippen molar-refractivity contribution in [3.05, 3.63) is 58.6 Å². The highest BCUT2D eigenvalue weighted by molar-refractivity contribution is 6.30. The molecule has 0 heterocycles. The molecule has 0 bridgehead atoms. The molecule has 0 radical (unpaired) electrons. The van der Waals surface area contributed by atoms with Crippen LogP contribution in [0, 0.1) is 0 Å².